The normalized spacial score (nSPS) is 14.1. The molecule has 1 aromatic carbocycles. The van der Waals surface area contributed by atoms with Crippen LogP contribution in [0, 0.1) is 5.82 Å². The molecule has 0 unspecified atom stereocenters. The summed E-state index contributed by atoms with van der Waals surface area (Å²) in [7, 11) is 1.69. The second-order valence-corrected chi connectivity index (χ2v) is 7.93. The van der Waals surface area contributed by atoms with Gasteiger partial charge < -0.3 is 14.5 Å². The Morgan fingerprint density at radius 2 is 2.07 bits per heavy atom. The summed E-state index contributed by atoms with van der Waals surface area (Å²) in [5, 5.41) is 2.06. The molecule has 0 aromatic heterocycles. The van der Waals surface area contributed by atoms with Crippen molar-refractivity contribution >= 4 is 29.7 Å². The first-order chi connectivity index (χ1) is 13.6. The van der Waals surface area contributed by atoms with Crippen LogP contribution in [-0.4, -0.2) is 55.6 Å². The van der Waals surface area contributed by atoms with E-state index in [0.29, 0.717) is 31.6 Å². The second kappa shape index (κ2) is 9.54. The van der Waals surface area contributed by atoms with E-state index in [1.165, 1.54) is 6.07 Å². The average molecular weight is 405 g/mol. The van der Waals surface area contributed by atoms with E-state index < -0.39 is 17.3 Å². The van der Waals surface area contributed by atoms with E-state index in [-0.39, 0.29) is 19.1 Å². The first-order valence-corrected chi connectivity index (χ1v) is 9.52. The van der Waals surface area contributed by atoms with Crippen molar-refractivity contribution in [2.24, 2.45) is 0 Å². The van der Waals surface area contributed by atoms with Gasteiger partial charge in [-0.2, -0.15) is 0 Å². The van der Waals surface area contributed by atoms with Crippen LogP contribution >= 0.6 is 0 Å². The molecule has 1 heterocycles. The van der Waals surface area contributed by atoms with Gasteiger partial charge >= 0.3 is 6.09 Å². The zero-order valence-electron chi connectivity index (χ0n) is 17.3. The maximum absolute atomic E-state index is 14.6. The minimum absolute atomic E-state index is 0.0854. The van der Waals surface area contributed by atoms with Crippen LogP contribution in [0.3, 0.4) is 0 Å². The molecule has 1 aliphatic rings. The maximum Gasteiger partial charge on any atom is 0.410 e. The van der Waals surface area contributed by atoms with Gasteiger partial charge in [0.1, 0.15) is 11.4 Å². The number of halogens is 1. The van der Waals surface area contributed by atoms with Gasteiger partial charge in [-0.25, -0.2) is 9.18 Å². The Balaban J connectivity index is 2.00. The summed E-state index contributed by atoms with van der Waals surface area (Å²) in [4.78, 5) is 37.0. The van der Waals surface area contributed by atoms with E-state index in [1.807, 2.05) is 32.9 Å². The molecule has 0 radical (unpaired) electrons. The molecule has 0 spiro atoms. The number of carbonyl (C=O) groups is 3. The van der Waals surface area contributed by atoms with Crippen LogP contribution in [0.15, 0.2) is 24.3 Å². The zero-order chi connectivity index (χ0) is 21.6. The van der Waals surface area contributed by atoms with Crippen molar-refractivity contribution in [1.82, 2.24) is 10.2 Å². The van der Waals surface area contributed by atoms with Gasteiger partial charge in [0.2, 0.25) is 12.3 Å². The minimum atomic E-state index is -0.542. The highest BCUT2D eigenvalue weighted by atomic mass is 19.1. The average Bonchev–Trinajstić information content (AvgIpc) is 2.65. The van der Waals surface area contributed by atoms with Crippen molar-refractivity contribution in [3.63, 3.8) is 0 Å². The highest BCUT2D eigenvalue weighted by Gasteiger charge is 2.24. The van der Waals surface area contributed by atoms with Crippen LogP contribution in [0.2, 0.25) is 0 Å². The summed E-state index contributed by atoms with van der Waals surface area (Å²) >= 11 is 0. The van der Waals surface area contributed by atoms with Gasteiger partial charge in [0.05, 0.1) is 5.69 Å². The molecule has 1 aromatic rings. The fraction of sp³-hybridized carbons (Fsp3) is 0.476. The first kappa shape index (κ1) is 22.4. The van der Waals surface area contributed by atoms with E-state index in [0.717, 1.165) is 11.1 Å². The molecule has 8 heteroatoms. The van der Waals surface area contributed by atoms with E-state index in [9.17, 15) is 18.8 Å². The fourth-order valence-electron chi connectivity index (χ4n) is 2.97. The molecular weight excluding hydrogens is 377 g/mol. The molecule has 2 rings (SSSR count). The quantitative estimate of drug-likeness (QED) is 0.736. The Morgan fingerprint density at radius 3 is 2.62 bits per heavy atom. The predicted molar refractivity (Wildman–Crippen MR) is 109 cm³/mol. The third-order valence-corrected chi connectivity index (χ3v) is 4.48. The van der Waals surface area contributed by atoms with Crippen molar-refractivity contribution < 1.29 is 23.5 Å². The highest BCUT2D eigenvalue weighted by Crippen LogP contribution is 2.27. The molecule has 3 amide bonds. The molecule has 1 N–H and O–H groups in total. The number of nitrogens with one attached hydrogen (secondary N) is 1. The van der Waals surface area contributed by atoms with Crippen molar-refractivity contribution in [1.29, 1.82) is 0 Å². The molecule has 7 nitrogen and oxygen atoms in total. The number of rotatable bonds is 6. The SMILES string of the molecule is CN(CCC(=O)NC=O)c1ccc(C2=CCN(C(=O)OC(C)(C)C)CC2)cc1F. The fourth-order valence-corrected chi connectivity index (χ4v) is 2.97. The zero-order valence-corrected chi connectivity index (χ0v) is 17.3. The number of imide groups is 1. The van der Waals surface area contributed by atoms with Gasteiger partial charge in [-0.1, -0.05) is 12.1 Å². The minimum Gasteiger partial charge on any atom is -0.444 e. The highest BCUT2D eigenvalue weighted by molar-refractivity contribution is 5.86. The van der Waals surface area contributed by atoms with Crippen LogP contribution in [0.1, 0.15) is 39.2 Å². The van der Waals surface area contributed by atoms with E-state index in [1.54, 1.807) is 22.9 Å². The van der Waals surface area contributed by atoms with Crippen molar-refractivity contribution in [3.05, 3.63) is 35.7 Å². The van der Waals surface area contributed by atoms with Crippen molar-refractivity contribution in [3.8, 4) is 0 Å². The van der Waals surface area contributed by atoms with Crippen LogP contribution in [-0.2, 0) is 14.3 Å². The summed E-state index contributed by atoms with van der Waals surface area (Å²) in [6, 6.07) is 4.96. The second-order valence-electron chi connectivity index (χ2n) is 7.93. The first-order valence-electron chi connectivity index (χ1n) is 9.52. The largest absolute Gasteiger partial charge is 0.444 e. The summed E-state index contributed by atoms with van der Waals surface area (Å²) in [5.74, 6) is -0.804. The van der Waals surface area contributed by atoms with E-state index in [4.69, 9.17) is 4.74 Å². The van der Waals surface area contributed by atoms with Crippen LogP contribution < -0.4 is 10.2 Å². The molecule has 0 aliphatic carbocycles. The Hall–Kier alpha value is -2.90. The summed E-state index contributed by atoms with van der Waals surface area (Å²) < 4.78 is 20.0. The Morgan fingerprint density at radius 1 is 1.34 bits per heavy atom. The molecule has 158 valence electrons. The third-order valence-electron chi connectivity index (χ3n) is 4.48. The number of carbonyl (C=O) groups excluding carboxylic acids is 3. The summed E-state index contributed by atoms with van der Waals surface area (Å²) in [6.45, 7) is 6.68. The van der Waals surface area contributed by atoms with Crippen molar-refractivity contribution in [2.75, 3.05) is 31.6 Å². The molecule has 0 fully saturated rings. The number of hydrogen-bond donors (Lipinski definition) is 1. The van der Waals surface area contributed by atoms with Crippen LogP contribution in [0.25, 0.3) is 5.57 Å². The summed E-state index contributed by atoms with van der Waals surface area (Å²) in [5.41, 5.74) is 1.57. The van der Waals surface area contributed by atoms with Crippen LogP contribution in [0.4, 0.5) is 14.9 Å². The lowest BCUT2D eigenvalue weighted by atomic mass is 9.99. The third kappa shape index (κ3) is 6.58. The predicted octanol–water partition coefficient (Wildman–Crippen LogP) is 2.95. The Kier molecular flexibility index (Phi) is 7.36. The van der Waals surface area contributed by atoms with Crippen LogP contribution in [0.5, 0.6) is 0 Å². The maximum atomic E-state index is 14.6. The Labute approximate surface area is 170 Å². The number of anilines is 1. The van der Waals surface area contributed by atoms with Gasteiger partial charge in [-0.3, -0.25) is 14.9 Å². The van der Waals surface area contributed by atoms with Gasteiger partial charge in [0.25, 0.3) is 0 Å². The number of benzene rings is 1. The van der Waals surface area contributed by atoms with Gasteiger partial charge in [-0.15, -0.1) is 0 Å². The molecular formula is C21H28FN3O4. The Bertz CT molecular complexity index is 802. The number of amides is 3. The number of ether oxygens (including phenoxy) is 1. The smallest absolute Gasteiger partial charge is 0.410 e. The molecule has 0 saturated carbocycles. The number of hydrogen-bond acceptors (Lipinski definition) is 5. The lowest BCUT2D eigenvalue weighted by Gasteiger charge is -2.29. The lowest BCUT2D eigenvalue weighted by Crippen LogP contribution is -2.39. The van der Waals surface area contributed by atoms with E-state index in [2.05, 4.69) is 5.32 Å². The van der Waals surface area contributed by atoms with Crippen molar-refractivity contribution in [2.45, 2.75) is 39.2 Å². The molecule has 0 bridgehead atoms. The monoisotopic (exact) mass is 405 g/mol. The van der Waals surface area contributed by atoms with E-state index >= 15 is 0 Å². The lowest BCUT2D eigenvalue weighted by molar-refractivity contribution is -0.125. The molecule has 1 aliphatic heterocycles. The van der Waals surface area contributed by atoms with Gasteiger partial charge in [0, 0.05) is 33.1 Å². The van der Waals surface area contributed by atoms with Gasteiger partial charge in [0.15, 0.2) is 0 Å². The molecule has 0 atom stereocenters. The standard InChI is InChI=1S/C21H28FN3O4/c1-21(2,3)29-20(28)25-11-7-15(8-12-25)16-5-6-18(17(22)13-16)24(4)10-9-19(27)23-14-26/h5-7,13-14H,8-12H2,1-4H3,(H,23,26,27). The topological polar surface area (TPSA) is 79.0 Å². The summed E-state index contributed by atoms with van der Waals surface area (Å²) in [6.07, 6.45) is 2.59. The van der Waals surface area contributed by atoms with Gasteiger partial charge in [-0.05, 0) is 50.5 Å². The molecule has 0 saturated heterocycles. The number of nitrogens with zero attached hydrogens (tertiary/aromatic N) is 2. The molecule has 29 heavy (non-hydrogen) atoms.